The number of likely N-dealkylation sites (tertiary alicyclic amines) is 1. The van der Waals surface area contributed by atoms with Crippen LogP contribution >= 0.6 is 0 Å². The summed E-state index contributed by atoms with van der Waals surface area (Å²) in [6, 6.07) is 5.22. The van der Waals surface area contributed by atoms with Crippen molar-refractivity contribution in [3.63, 3.8) is 0 Å². The largest absolute Gasteiger partial charge is 0.431 e. The Morgan fingerprint density at radius 2 is 1.89 bits per heavy atom. The van der Waals surface area contributed by atoms with Crippen molar-refractivity contribution in [2.75, 3.05) is 13.1 Å². The molecule has 1 aliphatic carbocycles. The number of halogens is 2. The number of benzene rings is 1. The van der Waals surface area contributed by atoms with E-state index in [1.807, 2.05) is 4.90 Å². The lowest BCUT2D eigenvalue weighted by molar-refractivity contribution is -0.136. The fourth-order valence-electron chi connectivity index (χ4n) is 4.03. The van der Waals surface area contributed by atoms with Crippen LogP contribution in [0.25, 0.3) is 0 Å². The van der Waals surface area contributed by atoms with Crippen molar-refractivity contribution in [3.8, 4) is 11.6 Å². The molecule has 0 saturated carbocycles. The number of amides is 1. The Morgan fingerprint density at radius 1 is 1.18 bits per heavy atom. The highest BCUT2D eigenvalue weighted by atomic mass is 19.1. The molecule has 2 aromatic rings. The maximum atomic E-state index is 13.9. The van der Waals surface area contributed by atoms with Gasteiger partial charge >= 0.3 is 0 Å². The van der Waals surface area contributed by atoms with Gasteiger partial charge in [0.15, 0.2) is 11.6 Å². The summed E-state index contributed by atoms with van der Waals surface area (Å²) in [5, 5.41) is 8.31. The first kappa shape index (κ1) is 18.8. The third kappa shape index (κ3) is 3.34. The van der Waals surface area contributed by atoms with E-state index in [4.69, 9.17) is 4.74 Å². The van der Waals surface area contributed by atoms with Gasteiger partial charge in [0.25, 0.3) is 0 Å². The summed E-state index contributed by atoms with van der Waals surface area (Å²) in [5.41, 5.74) is 1.56. The zero-order valence-corrected chi connectivity index (χ0v) is 16.0. The van der Waals surface area contributed by atoms with E-state index in [2.05, 4.69) is 24.0 Å². The van der Waals surface area contributed by atoms with Gasteiger partial charge in [-0.25, -0.2) is 8.78 Å². The molecule has 0 N–H and O–H groups in total. The van der Waals surface area contributed by atoms with Gasteiger partial charge < -0.3 is 9.64 Å². The van der Waals surface area contributed by atoms with Crippen molar-refractivity contribution in [2.24, 2.45) is 5.92 Å². The Balaban J connectivity index is 1.69. The van der Waals surface area contributed by atoms with Crippen LogP contribution < -0.4 is 4.74 Å². The molecule has 148 valence electrons. The summed E-state index contributed by atoms with van der Waals surface area (Å²) in [5.74, 6) is -1.75. The highest BCUT2D eigenvalue weighted by Gasteiger charge is 2.38. The number of carbonyl (C=O) groups excluding carboxylic acids is 1. The highest BCUT2D eigenvalue weighted by molar-refractivity contribution is 5.84. The molecule has 0 spiro atoms. The molecule has 2 atom stereocenters. The van der Waals surface area contributed by atoms with Crippen molar-refractivity contribution in [2.45, 2.75) is 44.9 Å². The van der Waals surface area contributed by atoms with E-state index < -0.39 is 17.4 Å². The lowest BCUT2D eigenvalue weighted by Gasteiger charge is -2.37. The minimum absolute atomic E-state index is 0.0328. The van der Waals surface area contributed by atoms with Gasteiger partial charge in [-0.05, 0) is 48.8 Å². The van der Waals surface area contributed by atoms with Crippen molar-refractivity contribution in [1.82, 2.24) is 15.1 Å². The Morgan fingerprint density at radius 3 is 2.50 bits per heavy atom. The van der Waals surface area contributed by atoms with Gasteiger partial charge in [-0.15, -0.1) is 5.10 Å². The third-order valence-corrected chi connectivity index (χ3v) is 5.72. The zero-order chi connectivity index (χ0) is 19.8. The average molecular weight is 387 g/mol. The second-order valence-electron chi connectivity index (χ2n) is 7.84. The molecule has 0 radical (unpaired) electrons. The van der Waals surface area contributed by atoms with Gasteiger partial charge in [0, 0.05) is 19.2 Å². The first-order chi connectivity index (χ1) is 13.5. The monoisotopic (exact) mass is 387 g/mol. The molecule has 1 aromatic carbocycles. The highest BCUT2D eigenvalue weighted by Crippen LogP contribution is 2.43. The second kappa shape index (κ2) is 7.45. The summed E-state index contributed by atoms with van der Waals surface area (Å²) in [7, 11) is 0. The quantitative estimate of drug-likeness (QED) is 0.780. The van der Waals surface area contributed by atoms with Crippen molar-refractivity contribution < 1.29 is 18.3 Å². The van der Waals surface area contributed by atoms with Crippen LogP contribution in [-0.4, -0.2) is 34.1 Å². The lowest BCUT2D eigenvalue weighted by atomic mass is 9.74. The van der Waals surface area contributed by atoms with Gasteiger partial charge in [-0.3, -0.25) is 4.79 Å². The van der Waals surface area contributed by atoms with E-state index in [0.717, 1.165) is 50.0 Å². The van der Waals surface area contributed by atoms with Gasteiger partial charge in [0.2, 0.25) is 17.5 Å². The molecule has 28 heavy (non-hydrogen) atoms. The fourth-order valence-corrected chi connectivity index (χ4v) is 4.03. The van der Waals surface area contributed by atoms with Crippen LogP contribution in [0.15, 0.2) is 24.3 Å². The van der Waals surface area contributed by atoms with Crippen LogP contribution in [0.2, 0.25) is 0 Å². The molecular weight excluding hydrogens is 364 g/mol. The van der Waals surface area contributed by atoms with Gasteiger partial charge in [-0.2, -0.15) is 5.10 Å². The number of aromatic nitrogens is 2. The molecule has 2 aliphatic rings. The maximum absolute atomic E-state index is 13.9. The topological polar surface area (TPSA) is 55.3 Å². The summed E-state index contributed by atoms with van der Waals surface area (Å²) < 4.78 is 33.2. The van der Waals surface area contributed by atoms with Gasteiger partial charge in [-0.1, -0.05) is 19.9 Å². The minimum atomic E-state index is -0.800. The molecule has 0 bridgehead atoms. The van der Waals surface area contributed by atoms with E-state index in [1.165, 1.54) is 6.07 Å². The van der Waals surface area contributed by atoms with Crippen LogP contribution in [0.4, 0.5) is 8.78 Å². The normalized spacial score (nSPS) is 21.2. The van der Waals surface area contributed by atoms with Crippen LogP contribution in [0, 0.1) is 17.6 Å². The third-order valence-electron chi connectivity index (χ3n) is 5.72. The van der Waals surface area contributed by atoms with E-state index >= 15 is 0 Å². The number of rotatable bonds is 4. The smallest absolute Gasteiger partial charge is 0.239 e. The molecule has 2 unspecified atom stereocenters. The van der Waals surface area contributed by atoms with Crippen LogP contribution in [-0.2, 0) is 4.79 Å². The predicted octanol–water partition coefficient (Wildman–Crippen LogP) is 4.40. The molecule has 2 heterocycles. The molecule has 4 rings (SSSR count). The van der Waals surface area contributed by atoms with E-state index in [1.54, 1.807) is 6.07 Å². The van der Waals surface area contributed by atoms with E-state index in [9.17, 15) is 13.6 Å². The standard InChI is InChI=1S/C21H23F2N3O2/c1-12(2)13-7-8-14(21(27)26-9-4-10-26)19-15(13)11-18(24-25-19)28-20-16(22)5-3-6-17(20)23/h3,5-6,11-14H,4,7-10H2,1-2H3. The predicted molar refractivity (Wildman–Crippen MR) is 99.2 cm³/mol. The fraction of sp³-hybridized carbons (Fsp3) is 0.476. The van der Waals surface area contributed by atoms with Gasteiger partial charge in [0.1, 0.15) is 0 Å². The first-order valence-corrected chi connectivity index (χ1v) is 9.74. The summed E-state index contributed by atoms with van der Waals surface area (Å²) in [6.45, 7) is 5.81. The number of ether oxygens (including phenoxy) is 1. The van der Waals surface area contributed by atoms with Crippen molar-refractivity contribution >= 4 is 5.91 Å². The average Bonchev–Trinajstić information content (AvgIpc) is 2.62. The Hall–Kier alpha value is -2.57. The Bertz CT molecular complexity index is 879. The lowest BCUT2D eigenvalue weighted by Crippen LogP contribution is -2.45. The summed E-state index contributed by atoms with van der Waals surface area (Å²) in [4.78, 5) is 14.7. The van der Waals surface area contributed by atoms with E-state index in [0.29, 0.717) is 11.6 Å². The molecule has 5 nitrogen and oxygen atoms in total. The number of para-hydroxylation sites is 1. The number of nitrogens with zero attached hydrogens (tertiary/aromatic N) is 3. The van der Waals surface area contributed by atoms with Crippen molar-refractivity contribution in [3.05, 3.63) is 47.2 Å². The van der Waals surface area contributed by atoms with Crippen LogP contribution in [0.3, 0.4) is 0 Å². The number of fused-ring (bicyclic) bond motifs is 1. The Kier molecular flexibility index (Phi) is 5.00. The molecule has 1 saturated heterocycles. The number of carbonyl (C=O) groups is 1. The van der Waals surface area contributed by atoms with Gasteiger partial charge in [0.05, 0.1) is 11.6 Å². The Labute approximate surface area is 162 Å². The zero-order valence-electron chi connectivity index (χ0n) is 16.0. The SMILES string of the molecule is CC(C)C1CCC(C(=O)N2CCC2)c2nnc(Oc3c(F)cccc3F)cc21. The van der Waals surface area contributed by atoms with Crippen LogP contribution in [0.1, 0.15) is 56.2 Å². The first-order valence-electron chi connectivity index (χ1n) is 9.74. The molecule has 1 fully saturated rings. The molecule has 7 heteroatoms. The van der Waals surface area contributed by atoms with E-state index in [-0.39, 0.29) is 23.6 Å². The summed E-state index contributed by atoms with van der Waals surface area (Å²) in [6.07, 6.45) is 2.63. The maximum Gasteiger partial charge on any atom is 0.239 e. The van der Waals surface area contributed by atoms with Crippen LogP contribution in [0.5, 0.6) is 11.6 Å². The molecule has 1 amide bonds. The second-order valence-corrected chi connectivity index (χ2v) is 7.84. The minimum Gasteiger partial charge on any atom is -0.431 e. The summed E-state index contributed by atoms with van der Waals surface area (Å²) >= 11 is 0. The molecule has 1 aliphatic heterocycles. The molecular formula is C21H23F2N3O2. The number of hydrogen-bond acceptors (Lipinski definition) is 4. The molecule has 1 aromatic heterocycles. The van der Waals surface area contributed by atoms with Crippen molar-refractivity contribution in [1.29, 1.82) is 0 Å². The number of hydrogen-bond donors (Lipinski definition) is 0.